The first-order valence-electron chi connectivity index (χ1n) is 11.6. The van der Waals surface area contributed by atoms with Crippen LogP contribution in [0.15, 0.2) is 60.9 Å². The van der Waals surface area contributed by atoms with E-state index in [1.165, 1.54) is 23.3 Å². The van der Waals surface area contributed by atoms with Crippen molar-refractivity contribution in [3.63, 3.8) is 0 Å². The lowest BCUT2D eigenvalue weighted by atomic mass is 10.1. The maximum atomic E-state index is 12.2. The number of benzene rings is 2. The molecule has 0 bridgehead atoms. The second-order valence-corrected chi connectivity index (χ2v) is 11.3. The van der Waals surface area contributed by atoms with Gasteiger partial charge in [0.15, 0.2) is 0 Å². The summed E-state index contributed by atoms with van der Waals surface area (Å²) in [6.45, 7) is 4.38. The van der Waals surface area contributed by atoms with Gasteiger partial charge in [-0.2, -0.15) is 4.98 Å². The lowest BCUT2D eigenvalue weighted by Crippen LogP contribution is -2.43. The summed E-state index contributed by atoms with van der Waals surface area (Å²) >= 11 is 6.25. The van der Waals surface area contributed by atoms with Crippen molar-refractivity contribution in [2.45, 2.75) is 6.54 Å². The van der Waals surface area contributed by atoms with Crippen LogP contribution in [0.25, 0.3) is 11.0 Å². The highest BCUT2D eigenvalue weighted by atomic mass is 35.5. The van der Waals surface area contributed by atoms with Gasteiger partial charge in [-0.25, -0.2) is 13.4 Å². The number of nitrogens with zero attached hydrogens (tertiary/aromatic N) is 5. The molecular weight excluding hydrogens is 498 g/mol. The third-order valence-electron chi connectivity index (χ3n) is 6.33. The molecule has 0 saturated carbocycles. The minimum atomic E-state index is -3.43. The average Bonchev–Trinajstić information content (AvgIpc) is 3.26. The number of sulfonamides is 1. The Morgan fingerprint density at radius 3 is 2.58 bits per heavy atom. The smallest absolute Gasteiger partial charge is 0.232 e. The Labute approximate surface area is 215 Å². The maximum Gasteiger partial charge on any atom is 0.232 e. The molecule has 0 unspecified atom stereocenters. The predicted octanol–water partition coefficient (Wildman–Crippen LogP) is 3.68. The summed E-state index contributed by atoms with van der Waals surface area (Å²) in [6, 6.07) is 15.4. The zero-order valence-corrected chi connectivity index (χ0v) is 21.7. The fourth-order valence-corrected chi connectivity index (χ4v) is 5.05. The minimum absolute atomic E-state index is 0.398. The first-order valence-corrected chi connectivity index (χ1v) is 13.9. The van der Waals surface area contributed by atoms with E-state index in [1.54, 1.807) is 24.4 Å². The van der Waals surface area contributed by atoms with Crippen molar-refractivity contribution in [1.82, 2.24) is 19.9 Å². The molecule has 1 aliphatic heterocycles. The Bertz CT molecular complexity index is 1480. The molecule has 5 rings (SSSR count). The van der Waals surface area contributed by atoms with Gasteiger partial charge in [0.2, 0.25) is 16.0 Å². The Morgan fingerprint density at radius 1 is 1.11 bits per heavy atom. The highest BCUT2D eigenvalue weighted by molar-refractivity contribution is 7.92. The minimum Gasteiger partial charge on any atom is -0.369 e. The summed E-state index contributed by atoms with van der Waals surface area (Å²) in [5.41, 5.74) is 4.17. The zero-order chi connectivity index (χ0) is 25.3. The quantitative estimate of drug-likeness (QED) is 0.380. The highest BCUT2D eigenvalue weighted by Gasteiger charge is 2.17. The molecule has 188 valence electrons. The van der Waals surface area contributed by atoms with Crippen LogP contribution in [0.4, 0.5) is 23.0 Å². The first kappa shape index (κ1) is 24.4. The van der Waals surface area contributed by atoms with Gasteiger partial charge in [0, 0.05) is 67.4 Å². The third-order valence-corrected chi connectivity index (χ3v) is 7.75. The Hall–Kier alpha value is -3.34. The molecule has 0 radical (unpaired) electrons. The summed E-state index contributed by atoms with van der Waals surface area (Å²) in [4.78, 5) is 11.6. The number of nitrogens with one attached hydrogen (secondary N) is 2. The maximum absolute atomic E-state index is 12.2. The molecular formula is C25H28ClN7O2S. The van der Waals surface area contributed by atoms with Crippen molar-refractivity contribution >= 4 is 55.7 Å². The summed E-state index contributed by atoms with van der Waals surface area (Å²) in [5, 5.41) is 8.08. The molecule has 1 aliphatic rings. The third kappa shape index (κ3) is 5.25. The predicted molar refractivity (Wildman–Crippen MR) is 146 cm³/mol. The number of piperazine rings is 1. The Kier molecular flexibility index (Phi) is 6.74. The van der Waals surface area contributed by atoms with Crippen LogP contribution in [0.2, 0.25) is 5.02 Å². The zero-order valence-electron chi connectivity index (χ0n) is 20.1. The number of anilines is 4. The fraction of sp³-hybridized carbons (Fsp3) is 0.280. The Morgan fingerprint density at radius 2 is 1.86 bits per heavy atom. The largest absolute Gasteiger partial charge is 0.369 e. The highest BCUT2D eigenvalue weighted by Crippen LogP contribution is 2.28. The number of fused-ring (bicyclic) bond motifs is 1. The molecule has 0 atom stereocenters. The summed E-state index contributed by atoms with van der Waals surface area (Å²) < 4.78 is 27.5. The Balaban J connectivity index is 1.39. The molecule has 36 heavy (non-hydrogen) atoms. The van der Waals surface area contributed by atoms with Gasteiger partial charge in [-0.3, -0.25) is 4.31 Å². The molecule has 1 saturated heterocycles. The standard InChI is InChI=1S/C25H28ClN7O2S/c1-31(36(2,34)35)23-8-3-20(26)15-19(23)17-33-12-9-18-16-28-25(30-24(18)33)29-21-4-6-22(7-5-21)32-13-10-27-11-14-32/h3-9,12,15-16,27H,10-11,13-14,17H2,1-2H3,(H,28,29,30). The number of aromatic nitrogens is 3. The lowest BCUT2D eigenvalue weighted by Gasteiger charge is -2.29. The van der Waals surface area contributed by atoms with E-state index in [2.05, 4.69) is 32.7 Å². The van der Waals surface area contributed by atoms with Gasteiger partial charge in [-0.15, -0.1) is 0 Å². The normalized spacial score (nSPS) is 14.2. The molecule has 0 spiro atoms. The summed E-state index contributed by atoms with van der Waals surface area (Å²) in [7, 11) is -1.89. The van der Waals surface area contributed by atoms with E-state index in [1.807, 2.05) is 29.0 Å². The fourth-order valence-electron chi connectivity index (χ4n) is 4.32. The molecule has 1 fully saturated rings. The van der Waals surface area contributed by atoms with Crippen molar-refractivity contribution in [2.75, 3.05) is 54.0 Å². The van der Waals surface area contributed by atoms with Crippen LogP contribution in [0.5, 0.6) is 0 Å². The monoisotopic (exact) mass is 525 g/mol. The van der Waals surface area contributed by atoms with Gasteiger partial charge in [0.25, 0.3) is 0 Å². The van der Waals surface area contributed by atoms with Crippen LogP contribution in [0, 0.1) is 0 Å². The second kappa shape index (κ2) is 9.96. The van der Waals surface area contributed by atoms with Gasteiger partial charge in [0.1, 0.15) is 5.65 Å². The number of rotatable bonds is 7. The van der Waals surface area contributed by atoms with E-state index in [0.717, 1.165) is 48.5 Å². The van der Waals surface area contributed by atoms with Crippen molar-refractivity contribution in [2.24, 2.45) is 0 Å². The van der Waals surface area contributed by atoms with Gasteiger partial charge >= 0.3 is 0 Å². The second-order valence-electron chi connectivity index (χ2n) is 8.83. The van der Waals surface area contributed by atoms with E-state index >= 15 is 0 Å². The SMILES string of the molecule is CN(c1ccc(Cl)cc1Cn1ccc2cnc(Nc3ccc(N4CCNCC4)cc3)nc21)S(C)(=O)=O. The van der Waals surface area contributed by atoms with Crippen molar-refractivity contribution in [3.05, 3.63) is 71.5 Å². The van der Waals surface area contributed by atoms with Gasteiger partial charge in [-0.05, 0) is 54.1 Å². The molecule has 2 aromatic carbocycles. The van der Waals surface area contributed by atoms with Gasteiger partial charge in [0.05, 0.1) is 18.5 Å². The van der Waals surface area contributed by atoms with Crippen LogP contribution < -0.4 is 19.8 Å². The molecule has 2 N–H and O–H groups in total. The van der Waals surface area contributed by atoms with E-state index in [0.29, 0.717) is 23.2 Å². The van der Waals surface area contributed by atoms with Crippen molar-refractivity contribution < 1.29 is 8.42 Å². The van der Waals surface area contributed by atoms with Crippen LogP contribution in [0.3, 0.4) is 0 Å². The summed E-state index contributed by atoms with van der Waals surface area (Å²) in [5.74, 6) is 0.483. The molecule has 11 heteroatoms. The van der Waals surface area contributed by atoms with Gasteiger partial charge in [-0.1, -0.05) is 11.6 Å². The van der Waals surface area contributed by atoms with Crippen molar-refractivity contribution in [1.29, 1.82) is 0 Å². The molecule has 3 heterocycles. The average molecular weight is 526 g/mol. The van der Waals surface area contributed by atoms with Crippen LogP contribution >= 0.6 is 11.6 Å². The molecule has 2 aromatic heterocycles. The van der Waals surface area contributed by atoms with Crippen LogP contribution in [-0.2, 0) is 16.6 Å². The molecule has 0 aliphatic carbocycles. The number of halogens is 1. The molecule has 4 aromatic rings. The lowest BCUT2D eigenvalue weighted by molar-refractivity contribution is 0.589. The molecule has 9 nitrogen and oxygen atoms in total. The van der Waals surface area contributed by atoms with Crippen LogP contribution in [0.1, 0.15) is 5.56 Å². The van der Waals surface area contributed by atoms with E-state index in [-0.39, 0.29) is 0 Å². The topological polar surface area (TPSA) is 95.4 Å². The number of hydrogen-bond donors (Lipinski definition) is 2. The van der Waals surface area contributed by atoms with Crippen molar-refractivity contribution in [3.8, 4) is 0 Å². The van der Waals surface area contributed by atoms with Gasteiger partial charge < -0.3 is 20.1 Å². The van der Waals surface area contributed by atoms with E-state index in [9.17, 15) is 8.42 Å². The number of hydrogen-bond acceptors (Lipinski definition) is 7. The summed E-state index contributed by atoms with van der Waals surface area (Å²) in [6.07, 6.45) is 4.87. The first-order chi connectivity index (χ1) is 17.3. The van der Waals surface area contributed by atoms with Crippen LogP contribution in [-0.4, -0.2) is 62.4 Å². The van der Waals surface area contributed by atoms with E-state index < -0.39 is 10.0 Å². The molecule has 0 amide bonds. The van der Waals surface area contributed by atoms with E-state index in [4.69, 9.17) is 16.6 Å².